The molecule has 1 aliphatic rings. The number of rotatable bonds is 6. The Bertz CT molecular complexity index is 742. The van der Waals surface area contributed by atoms with Gasteiger partial charge in [0.2, 0.25) is 15.9 Å². The summed E-state index contributed by atoms with van der Waals surface area (Å²) in [5.74, 6) is -0.988. The lowest BCUT2D eigenvalue weighted by Crippen LogP contribution is -2.54. The van der Waals surface area contributed by atoms with Gasteiger partial charge in [-0.2, -0.15) is 4.31 Å². The number of nitrogens with zero attached hydrogens (tertiary/aromatic N) is 2. The fourth-order valence-corrected chi connectivity index (χ4v) is 4.13. The van der Waals surface area contributed by atoms with Crippen molar-refractivity contribution in [2.75, 3.05) is 32.8 Å². The van der Waals surface area contributed by atoms with Crippen molar-refractivity contribution in [1.82, 2.24) is 9.21 Å². The first-order valence-corrected chi connectivity index (χ1v) is 9.52. The van der Waals surface area contributed by atoms with Crippen LogP contribution in [0.3, 0.4) is 0 Å². The number of piperazine rings is 1. The van der Waals surface area contributed by atoms with Gasteiger partial charge >= 0.3 is 5.97 Å². The molecule has 0 unspecified atom stereocenters. The molecule has 1 fully saturated rings. The van der Waals surface area contributed by atoms with Crippen molar-refractivity contribution >= 4 is 21.9 Å². The van der Waals surface area contributed by atoms with Gasteiger partial charge < -0.3 is 10.5 Å². The van der Waals surface area contributed by atoms with Gasteiger partial charge in [-0.3, -0.25) is 9.69 Å². The molecule has 25 heavy (non-hydrogen) atoms. The zero-order valence-corrected chi connectivity index (χ0v) is 15.2. The average Bonchev–Trinajstić information content (AvgIpc) is 2.61. The number of carbonyl (C=O) groups excluding carboxylic acids is 2. The van der Waals surface area contributed by atoms with Crippen molar-refractivity contribution in [1.29, 1.82) is 0 Å². The molecule has 1 aliphatic heterocycles. The summed E-state index contributed by atoms with van der Waals surface area (Å²) in [4.78, 5) is 25.0. The van der Waals surface area contributed by atoms with Gasteiger partial charge in [0, 0.05) is 26.2 Å². The van der Waals surface area contributed by atoms with Crippen molar-refractivity contribution in [2.24, 2.45) is 5.73 Å². The van der Waals surface area contributed by atoms with E-state index in [0.717, 1.165) is 0 Å². The van der Waals surface area contributed by atoms with Gasteiger partial charge in [0.05, 0.1) is 23.1 Å². The summed E-state index contributed by atoms with van der Waals surface area (Å²) in [6, 6.07) is 5.38. The van der Waals surface area contributed by atoms with E-state index in [9.17, 15) is 18.0 Å². The number of benzene rings is 1. The van der Waals surface area contributed by atoms with Crippen LogP contribution in [0.2, 0.25) is 0 Å². The molecule has 1 aromatic carbocycles. The average molecular weight is 369 g/mol. The van der Waals surface area contributed by atoms with Crippen molar-refractivity contribution in [2.45, 2.75) is 24.8 Å². The Kier molecular flexibility index (Phi) is 6.15. The maximum absolute atomic E-state index is 12.8. The van der Waals surface area contributed by atoms with Crippen LogP contribution in [0.25, 0.3) is 0 Å². The van der Waals surface area contributed by atoms with E-state index in [1.54, 1.807) is 13.8 Å². The number of hydrogen-bond acceptors (Lipinski definition) is 6. The van der Waals surface area contributed by atoms with Crippen molar-refractivity contribution < 1.29 is 22.7 Å². The minimum atomic E-state index is -3.72. The Morgan fingerprint density at radius 2 is 1.88 bits per heavy atom. The van der Waals surface area contributed by atoms with Crippen LogP contribution in [0.4, 0.5) is 0 Å². The highest BCUT2D eigenvalue weighted by Gasteiger charge is 2.31. The quantitative estimate of drug-likeness (QED) is 0.709. The number of hydrogen-bond donors (Lipinski definition) is 1. The molecule has 1 aromatic rings. The summed E-state index contributed by atoms with van der Waals surface area (Å²) in [5, 5.41) is 0. The van der Waals surface area contributed by atoms with Gasteiger partial charge in [-0.1, -0.05) is 6.07 Å². The van der Waals surface area contributed by atoms with E-state index >= 15 is 0 Å². The second-order valence-corrected chi connectivity index (χ2v) is 7.70. The van der Waals surface area contributed by atoms with Crippen LogP contribution >= 0.6 is 0 Å². The Balaban J connectivity index is 2.14. The SMILES string of the molecule is CCOC(=O)c1cccc(S(=O)(=O)N2CCN([C@H](C)C(N)=O)CC2)c1. The minimum Gasteiger partial charge on any atom is -0.462 e. The Morgan fingerprint density at radius 1 is 1.24 bits per heavy atom. The van der Waals surface area contributed by atoms with Gasteiger partial charge in [0.25, 0.3) is 0 Å². The number of nitrogens with two attached hydrogens (primary N) is 1. The third-order valence-electron chi connectivity index (χ3n) is 4.22. The fraction of sp³-hybridized carbons (Fsp3) is 0.500. The lowest BCUT2D eigenvalue weighted by molar-refractivity contribution is -0.123. The summed E-state index contributed by atoms with van der Waals surface area (Å²) >= 11 is 0. The number of sulfonamides is 1. The predicted molar refractivity (Wildman–Crippen MR) is 91.4 cm³/mol. The topological polar surface area (TPSA) is 110 Å². The van der Waals surface area contributed by atoms with Crippen LogP contribution in [0.5, 0.6) is 0 Å². The summed E-state index contributed by atoms with van der Waals surface area (Å²) in [7, 11) is -3.72. The molecule has 8 nitrogen and oxygen atoms in total. The summed E-state index contributed by atoms with van der Waals surface area (Å²) < 4.78 is 31.8. The molecule has 0 aliphatic carbocycles. The number of ether oxygens (including phenoxy) is 1. The van der Waals surface area contributed by atoms with Gasteiger partial charge in [-0.05, 0) is 32.0 Å². The number of primary amides is 1. The molecule has 1 saturated heterocycles. The van der Waals surface area contributed by atoms with E-state index in [1.807, 2.05) is 4.90 Å². The molecule has 2 N–H and O–H groups in total. The van der Waals surface area contributed by atoms with Crippen molar-refractivity contribution in [3.8, 4) is 0 Å². The maximum Gasteiger partial charge on any atom is 0.338 e. The summed E-state index contributed by atoms with van der Waals surface area (Å²) in [6.45, 7) is 4.95. The zero-order valence-electron chi connectivity index (χ0n) is 14.3. The molecular weight excluding hydrogens is 346 g/mol. The van der Waals surface area contributed by atoms with E-state index < -0.39 is 27.9 Å². The van der Waals surface area contributed by atoms with E-state index in [0.29, 0.717) is 13.1 Å². The fourth-order valence-electron chi connectivity index (χ4n) is 2.66. The highest BCUT2D eigenvalue weighted by Crippen LogP contribution is 2.20. The predicted octanol–water partition coefficient (Wildman–Crippen LogP) is 0.0434. The lowest BCUT2D eigenvalue weighted by atomic mass is 10.2. The van der Waals surface area contributed by atoms with Gasteiger partial charge in [0.15, 0.2) is 0 Å². The van der Waals surface area contributed by atoms with Gasteiger partial charge in [0.1, 0.15) is 0 Å². The molecule has 9 heteroatoms. The molecular formula is C16H23N3O5S. The Morgan fingerprint density at radius 3 is 2.44 bits per heavy atom. The monoisotopic (exact) mass is 369 g/mol. The maximum atomic E-state index is 12.8. The zero-order chi connectivity index (χ0) is 18.6. The molecule has 0 bridgehead atoms. The van der Waals surface area contributed by atoms with Crippen LogP contribution in [0, 0.1) is 0 Å². The molecule has 0 aromatic heterocycles. The van der Waals surface area contributed by atoms with Gasteiger partial charge in [-0.25, -0.2) is 13.2 Å². The van der Waals surface area contributed by atoms with Crippen LogP contribution in [-0.4, -0.2) is 68.3 Å². The van der Waals surface area contributed by atoms with E-state index in [4.69, 9.17) is 10.5 Å². The van der Waals surface area contributed by atoms with E-state index in [2.05, 4.69) is 0 Å². The molecule has 138 valence electrons. The minimum absolute atomic E-state index is 0.0504. The first-order valence-electron chi connectivity index (χ1n) is 8.08. The first-order chi connectivity index (χ1) is 11.8. The number of esters is 1. The number of carbonyl (C=O) groups is 2. The van der Waals surface area contributed by atoms with E-state index in [-0.39, 0.29) is 30.2 Å². The highest BCUT2D eigenvalue weighted by atomic mass is 32.2. The molecule has 1 heterocycles. The second kappa shape index (κ2) is 7.94. The molecule has 0 radical (unpaired) electrons. The molecule has 0 saturated carbocycles. The first kappa shape index (κ1) is 19.4. The Hall–Kier alpha value is -1.97. The third-order valence-corrected chi connectivity index (χ3v) is 6.11. The smallest absolute Gasteiger partial charge is 0.338 e. The molecule has 0 spiro atoms. The van der Waals surface area contributed by atoms with Crippen LogP contribution < -0.4 is 5.73 Å². The molecule has 2 rings (SSSR count). The highest BCUT2D eigenvalue weighted by molar-refractivity contribution is 7.89. The van der Waals surface area contributed by atoms with Crippen molar-refractivity contribution in [3.05, 3.63) is 29.8 Å². The summed E-state index contributed by atoms with van der Waals surface area (Å²) in [5.41, 5.74) is 5.49. The van der Waals surface area contributed by atoms with Crippen LogP contribution in [0.1, 0.15) is 24.2 Å². The standard InChI is InChI=1S/C16H23N3O5S/c1-3-24-16(21)13-5-4-6-14(11-13)25(22,23)19-9-7-18(8-10-19)12(2)15(17)20/h4-6,11-12H,3,7-10H2,1-2H3,(H2,17,20)/t12-/m1/s1. The molecule has 1 amide bonds. The second-order valence-electron chi connectivity index (χ2n) is 5.77. The lowest BCUT2D eigenvalue weighted by Gasteiger charge is -2.36. The van der Waals surface area contributed by atoms with Crippen LogP contribution in [0.15, 0.2) is 29.2 Å². The molecule has 1 atom stereocenters. The normalized spacial score (nSPS) is 17.8. The largest absolute Gasteiger partial charge is 0.462 e. The third kappa shape index (κ3) is 4.36. The van der Waals surface area contributed by atoms with Crippen LogP contribution in [-0.2, 0) is 19.6 Å². The van der Waals surface area contributed by atoms with E-state index in [1.165, 1.54) is 28.6 Å². The Labute approximate surface area is 147 Å². The summed E-state index contributed by atoms with van der Waals surface area (Å²) in [6.07, 6.45) is 0. The van der Waals surface area contributed by atoms with Crippen molar-refractivity contribution in [3.63, 3.8) is 0 Å². The number of amides is 1. The van der Waals surface area contributed by atoms with Gasteiger partial charge in [-0.15, -0.1) is 0 Å².